The summed E-state index contributed by atoms with van der Waals surface area (Å²) in [6.45, 7) is 0.807. The quantitative estimate of drug-likeness (QED) is 0.844. The second kappa shape index (κ2) is 4.21. The summed E-state index contributed by atoms with van der Waals surface area (Å²) in [6, 6.07) is 1.99. The molecule has 0 amide bonds. The van der Waals surface area contributed by atoms with Crippen molar-refractivity contribution in [3.63, 3.8) is 0 Å². The van der Waals surface area contributed by atoms with E-state index in [1.54, 1.807) is 11.3 Å². The molecule has 0 spiro atoms. The Balaban J connectivity index is 2.12. The van der Waals surface area contributed by atoms with E-state index in [9.17, 15) is 0 Å². The molecule has 1 nitrogen and oxygen atoms in total. The van der Waals surface area contributed by atoms with Crippen LogP contribution in [0.5, 0.6) is 0 Å². The number of halogens is 1. The summed E-state index contributed by atoms with van der Waals surface area (Å²) >= 11 is 7.87. The van der Waals surface area contributed by atoms with Gasteiger partial charge in [0.2, 0.25) is 0 Å². The van der Waals surface area contributed by atoms with Crippen LogP contribution in [0.4, 0.5) is 0 Å². The van der Waals surface area contributed by atoms with E-state index in [0.717, 1.165) is 18.0 Å². The number of rotatable bonds is 3. The van der Waals surface area contributed by atoms with E-state index in [1.165, 1.54) is 30.6 Å². The van der Waals surface area contributed by atoms with Gasteiger partial charge in [0.1, 0.15) is 0 Å². The van der Waals surface area contributed by atoms with Crippen LogP contribution < -0.4 is 5.73 Å². The van der Waals surface area contributed by atoms with Crippen LogP contribution in [0.15, 0.2) is 11.4 Å². The molecule has 1 saturated carbocycles. The number of thiophene rings is 1. The summed E-state index contributed by atoms with van der Waals surface area (Å²) < 4.78 is 0. The normalized spacial score (nSPS) is 20.1. The average molecular weight is 230 g/mol. The Morgan fingerprint density at radius 1 is 1.43 bits per heavy atom. The number of nitrogens with two attached hydrogens (primary N) is 1. The molecule has 14 heavy (non-hydrogen) atoms. The average Bonchev–Trinajstić information content (AvgIpc) is 2.79. The first kappa shape index (κ1) is 10.5. The molecule has 0 aromatic carbocycles. The van der Waals surface area contributed by atoms with Crippen LogP contribution in [-0.2, 0) is 6.42 Å². The first-order chi connectivity index (χ1) is 6.76. The van der Waals surface area contributed by atoms with Crippen LogP contribution in [0.25, 0.3) is 0 Å². The van der Waals surface area contributed by atoms with Gasteiger partial charge in [0.25, 0.3) is 0 Å². The summed E-state index contributed by atoms with van der Waals surface area (Å²) in [7, 11) is 0. The Morgan fingerprint density at radius 2 is 2.14 bits per heavy atom. The molecule has 1 aliphatic rings. The highest BCUT2D eigenvalue weighted by atomic mass is 35.5. The zero-order valence-electron chi connectivity index (χ0n) is 8.26. The van der Waals surface area contributed by atoms with Crippen molar-refractivity contribution in [2.24, 2.45) is 11.1 Å². The second-order valence-corrected chi connectivity index (χ2v) is 5.69. The van der Waals surface area contributed by atoms with E-state index < -0.39 is 0 Å². The lowest BCUT2D eigenvalue weighted by atomic mass is 9.82. The maximum atomic E-state index is 6.11. The molecule has 2 N–H and O–H groups in total. The van der Waals surface area contributed by atoms with Crippen molar-refractivity contribution < 1.29 is 0 Å². The molecule has 0 aliphatic heterocycles. The molecule has 3 heteroatoms. The maximum Gasteiger partial charge on any atom is 0.0545 e. The van der Waals surface area contributed by atoms with Crippen molar-refractivity contribution in [2.45, 2.75) is 32.1 Å². The van der Waals surface area contributed by atoms with Crippen LogP contribution in [0, 0.1) is 5.41 Å². The summed E-state index contributed by atoms with van der Waals surface area (Å²) in [5, 5.41) is 2.99. The molecule has 1 aromatic heterocycles. The Kier molecular flexibility index (Phi) is 3.15. The van der Waals surface area contributed by atoms with Gasteiger partial charge < -0.3 is 5.73 Å². The first-order valence-corrected chi connectivity index (χ1v) is 6.43. The van der Waals surface area contributed by atoms with Gasteiger partial charge in [0.05, 0.1) is 5.02 Å². The van der Waals surface area contributed by atoms with Gasteiger partial charge in [-0.3, -0.25) is 0 Å². The molecule has 0 radical (unpaired) electrons. The zero-order chi connectivity index (χ0) is 10.0. The van der Waals surface area contributed by atoms with E-state index in [2.05, 4.69) is 5.38 Å². The van der Waals surface area contributed by atoms with Crippen LogP contribution in [-0.4, -0.2) is 6.54 Å². The fourth-order valence-corrected chi connectivity index (χ4v) is 3.65. The lowest BCUT2D eigenvalue weighted by molar-refractivity contribution is 0.309. The molecule has 0 saturated heterocycles. The van der Waals surface area contributed by atoms with Crippen molar-refractivity contribution in [3.8, 4) is 0 Å². The van der Waals surface area contributed by atoms with Crippen LogP contribution >= 0.6 is 22.9 Å². The third-order valence-electron chi connectivity index (χ3n) is 3.32. The molecular weight excluding hydrogens is 214 g/mol. The van der Waals surface area contributed by atoms with Crippen LogP contribution in [0.3, 0.4) is 0 Å². The van der Waals surface area contributed by atoms with Crippen LogP contribution in [0.1, 0.15) is 30.6 Å². The maximum absolute atomic E-state index is 6.11. The molecule has 2 rings (SSSR count). The summed E-state index contributed by atoms with van der Waals surface area (Å²) in [6.07, 6.45) is 6.30. The van der Waals surface area contributed by atoms with Gasteiger partial charge in [-0.15, -0.1) is 11.3 Å². The highest BCUT2D eigenvalue weighted by Crippen LogP contribution is 2.42. The van der Waals surface area contributed by atoms with Gasteiger partial charge in [0, 0.05) is 4.88 Å². The fourth-order valence-electron chi connectivity index (χ4n) is 2.37. The van der Waals surface area contributed by atoms with Crippen molar-refractivity contribution in [1.29, 1.82) is 0 Å². The highest BCUT2D eigenvalue weighted by molar-refractivity contribution is 7.10. The SMILES string of the molecule is NCC1(Cc2sccc2Cl)CCCC1. The number of hydrogen-bond donors (Lipinski definition) is 1. The van der Waals surface area contributed by atoms with Crippen molar-refractivity contribution in [2.75, 3.05) is 6.54 Å². The van der Waals surface area contributed by atoms with E-state index in [-0.39, 0.29) is 0 Å². The van der Waals surface area contributed by atoms with E-state index >= 15 is 0 Å². The molecule has 1 aliphatic carbocycles. The standard InChI is InChI=1S/C11H16ClNS/c12-9-3-6-14-10(9)7-11(8-13)4-1-2-5-11/h3,6H,1-2,4-5,7-8,13H2. The Hall–Kier alpha value is -0.0500. The smallest absolute Gasteiger partial charge is 0.0545 e. The van der Waals surface area contributed by atoms with Gasteiger partial charge in [-0.05, 0) is 42.7 Å². The Morgan fingerprint density at radius 3 is 2.64 bits per heavy atom. The zero-order valence-corrected chi connectivity index (χ0v) is 9.83. The lowest BCUT2D eigenvalue weighted by Gasteiger charge is -2.26. The molecule has 78 valence electrons. The highest BCUT2D eigenvalue weighted by Gasteiger charge is 2.33. The molecule has 1 fully saturated rings. The van der Waals surface area contributed by atoms with E-state index in [1.807, 2.05) is 6.07 Å². The minimum absolute atomic E-state index is 0.356. The topological polar surface area (TPSA) is 26.0 Å². The minimum atomic E-state index is 0.356. The van der Waals surface area contributed by atoms with Crippen molar-refractivity contribution in [1.82, 2.24) is 0 Å². The minimum Gasteiger partial charge on any atom is -0.330 e. The third kappa shape index (κ3) is 1.97. The third-order valence-corrected chi connectivity index (χ3v) is 4.71. The predicted octanol–water partition coefficient (Wildman–Crippen LogP) is 3.46. The molecule has 0 unspecified atom stereocenters. The summed E-state index contributed by atoms with van der Waals surface area (Å²) in [5.74, 6) is 0. The summed E-state index contributed by atoms with van der Waals surface area (Å²) in [5.41, 5.74) is 6.25. The van der Waals surface area contributed by atoms with Gasteiger partial charge in [-0.25, -0.2) is 0 Å². The molecule has 0 bridgehead atoms. The van der Waals surface area contributed by atoms with E-state index in [0.29, 0.717) is 5.41 Å². The fraction of sp³-hybridized carbons (Fsp3) is 0.636. The van der Waals surface area contributed by atoms with E-state index in [4.69, 9.17) is 17.3 Å². The van der Waals surface area contributed by atoms with Crippen molar-refractivity contribution in [3.05, 3.63) is 21.3 Å². The van der Waals surface area contributed by atoms with Crippen molar-refractivity contribution >= 4 is 22.9 Å². The Bertz CT molecular complexity index is 302. The largest absolute Gasteiger partial charge is 0.330 e. The van der Waals surface area contributed by atoms with Gasteiger partial charge >= 0.3 is 0 Å². The van der Waals surface area contributed by atoms with Gasteiger partial charge in [-0.2, -0.15) is 0 Å². The molecular formula is C11H16ClNS. The first-order valence-electron chi connectivity index (χ1n) is 5.18. The molecule has 0 atom stereocenters. The van der Waals surface area contributed by atoms with Gasteiger partial charge in [-0.1, -0.05) is 24.4 Å². The predicted molar refractivity (Wildman–Crippen MR) is 63.0 cm³/mol. The summed E-state index contributed by atoms with van der Waals surface area (Å²) in [4.78, 5) is 1.32. The lowest BCUT2D eigenvalue weighted by Crippen LogP contribution is -2.29. The molecule has 1 heterocycles. The number of hydrogen-bond acceptors (Lipinski definition) is 2. The van der Waals surface area contributed by atoms with Gasteiger partial charge in [0.15, 0.2) is 0 Å². The molecule has 1 aromatic rings. The monoisotopic (exact) mass is 229 g/mol. The van der Waals surface area contributed by atoms with Crippen LogP contribution in [0.2, 0.25) is 5.02 Å². The second-order valence-electron chi connectivity index (χ2n) is 4.28. The Labute approximate surface area is 94.3 Å².